The molecule has 0 saturated carbocycles. The molecule has 0 aromatic heterocycles. The minimum Gasteiger partial charge on any atom is -0.258 e. The normalized spacial score (nSPS) is 9.42. The molecule has 0 aliphatic carbocycles. The van der Waals surface area contributed by atoms with Crippen molar-refractivity contribution in [3.63, 3.8) is 0 Å². The molecule has 61 valence electrons. The molecule has 0 N–H and O–H groups in total. The number of nitrogens with zero attached hydrogens (tertiary/aromatic N) is 1. The van der Waals surface area contributed by atoms with Crippen LogP contribution in [0.1, 0.15) is 11.1 Å². The zero-order chi connectivity index (χ0) is 9.14. The lowest BCUT2D eigenvalue weighted by Gasteiger charge is -1.96. The first-order valence-corrected chi connectivity index (χ1v) is 3.43. The van der Waals surface area contributed by atoms with Gasteiger partial charge in [0.05, 0.1) is 4.92 Å². The minimum atomic E-state index is -0.407. The first-order chi connectivity index (χ1) is 5.65. The van der Waals surface area contributed by atoms with Gasteiger partial charge in [0.1, 0.15) is 0 Å². The van der Waals surface area contributed by atoms with E-state index in [9.17, 15) is 10.1 Å². The zero-order valence-corrected chi connectivity index (χ0v) is 6.70. The number of benzene rings is 1. The van der Waals surface area contributed by atoms with Crippen LogP contribution in [0.3, 0.4) is 0 Å². The van der Waals surface area contributed by atoms with Crippen molar-refractivity contribution in [3.8, 4) is 0 Å². The quantitative estimate of drug-likeness (QED) is 0.494. The van der Waals surface area contributed by atoms with Gasteiger partial charge in [0.2, 0.25) is 0 Å². The molecule has 1 rings (SSSR count). The van der Waals surface area contributed by atoms with E-state index in [0.717, 1.165) is 0 Å². The van der Waals surface area contributed by atoms with Crippen molar-refractivity contribution < 1.29 is 4.92 Å². The van der Waals surface area contributed by atoms with E-state index in [1.54, 1.807) is 19.1 Å². The van der Waals surface area contributed by atoms with E-state index < -0.39 is 4.92 Å². The summed E-state index contributed by atoms with van der Waals surface area (Å²) in [6, 6.07) is 4.89. The Kier molecular flexibility index (Phi) is 2.24. The van der Waals surface area contributed by atoms with Gasteiger partial charge >= 0.3 is 0 Å². The predicted molar refractivity (Wildman–Crippen MR) is 45.8 cm³/mol. The van der Waals surface area contributed by atoms with Gasteiger partial charge in [-0.1, -0.05) is 18.7 Å². The third-order valence-corrected chi connectivity index (χ3v) is 1.61. The molecule has 1 radical (unpaired) electrons. The fourth-order valence-corrected chi connectivity index (χ4v) is 0.916. The van der Waals surface area contributed by atoms with E-state index in [0.29, 0.717) is 11.1 Å². The number of aryl methyl sites for hydroxylation is 1. The number of nitro groups is 1. The predicted octanol–water partition coefficient (Wildman–Crippen LogP) is 2.24. The number of hydrogen-bond acceptors (Lipinski definition) is 2. The van der Waals surface area contributed by atoms with Crippen LogP contribution in [-0.2, 0) is 0 Å². The Morgan fingerprint density at radius 1 is 1.58 bits per heavy atom. The lowest BCUT2D eigenvalue weighted by atomic mass is 10.1. The van der Waals surface area contributed by atoms with Crippen LogP contribution >= 0.6 is 0 Å². The molecule has 0 aliphatic heterocycles. The van der Waals surface area contributed by atoms with Crippen LogP contribution < -0.4 is 0 Å². The summed E-state index contributed by atoms with van der Waals surface area (Å²) in [5, 5.41) is 10.4. The van der Waals surface area contributed by atoms with Crippen molar-refractivity contribution in [2.75, 3.05) is 0 Å². The van der Waals surface area contributed by atoms with E-state index >= 15 is 0 Å². The van der Waals surface area contributed by atoms with Crippen LogP contribution in [0.4, 0.5) is 5.69 Å². The Morgan fingerprint density at radius 2 is 2.25 bits per heavy atom. The highest BCUT2D eigenvalue weighted by molar-refractivity contribution is 5.43. The lowest BCUT2D eigenvalue weighted by molar-refractivity contribution is -0.385. The van der Waals surface area contributed by atoms with Gasteiger partial charge in [0.25, 0.3) is 5.69 Å². The molecule has 12 heavy (non-hydrogen) atoms. The molecular weight excluding hydrogens is 154 g/mol. The summed E-state index contributed by atoms with van der Waals surface area (Å²) in [6.45, 7) is 5.11. The standard InChI is InChI=1S/C9H8NO2/c1-3-8-5-4-7(2)9(6-8)10(11)12/h4-6H,1H2,2H3. The Labute approximate surface area is 70.5 Å². The molecule has 1 aromatic rings. The molecule has 1 aromatic carbocycles. The van der Waals surface area contributed by atoms with Gasteiger partial charge in [-0.25, -0.2) is 0 Å². The maximum absolute atomic E-state index is 10.4. The topological polar surface area (TPSA) is 43.1 Å². The summed E-state index contributed by atoms with van der Waals surface area (Å²) in [7, 11) is 0. The van der Waals surface area contributed by atoms with Crippen molar-refractivity contribution in [2.24, 2.45) is 0 Å². The Bertz CT molecular complexity index is 331. The Balaban J connectivity index is 3.25. The zero-order valence-electron chi connectivity index (χ0n) is 6.70. The molecule has 0 saturated heterocycles. The Hall–Kier alpha value is -1.64. The van der Waals surface area contributed by atoms with Crippen molar-refractivity contribution in [1.82, 2.24) is 0 Å². The van der Waals surface area contributed by atoms with Crippen LogP contribution in [-0.4, -0.2) is 4.92 Å². The summed E-state index contributed by atoms with van der Waals surface area (Å²) in [5.41, 5.74) is 1.41. The molecule has 0 bridgehead atoms. The highest BCUT2D eigenvalue weighted by Crippen LogP contribution is 2.18. The first kappa shape index (κ1) is 8.46. The van der Waals surface area contributed by atoms with E-state index in [1.807, 2.05) is 0 Å². The second-order valence-corrected chi connectivity index (χ2v) is 2.44. The summed E-state index contributed by atoms with van der Waals surface area (Å²) < 4.78 is 0. The van der Waals surface area contributed by atoms with Gasteiger partial charge in [0, 0.05) is 11.6 Å². The third kappa shape index (κ3) is 1.50. The fourth-order valence-electron chi connectivity index (χ4n) is 0.916. The smallest absolute Gasteiger partial charge is 0.258 e. The Morgan fingerprint density at radius 3 is 2.75 bits per heavy atom. The van der Waals surface area contributed by atoms with E-state index in [-0.39, 0.29) is 5.69 Å². The summed E-state index contributed by atoms with van der Waals surface area (Å²) in [6.07, 6.45) is 2.60. The number of hydrogen-bond donors (Lipinski definition) is 0. The van der Waals surface area contributed by atoms with Crippen LogP contribution in [0.15, 0.2) is 24.8 Å². The van der Waals surface area contributed by atoms with Crippen molar-refractivity contribution in [1.29, 1.82) is 0 Å². The van der Waals surface area contributed by atoms with E-state index in [2.05, 4.69) is 12.7 Å². The van der Waals surface area contributed by atoms with Gasteiger partial charge in [-0.2, -0.15) is 0 Å². The second-order valence-electron chi connectivity index (χ2n) is 2.44. The van der Waals surface area contributed by atoms with Crippen molar-refractivity contribution >= 4 is 5.69 Å². The first-order valence-electron chi connectivity index (χ1n) is 3.43. The third-order valence-electron chi connectivity index (χ3n) is 1.61. The summed E-state index contributed by atoms with van der Waals surface area (Å²) in [4.78, 5) is 10.0. The number of nitro benzene ring substituents is 1. The maximum Gasteiger partial charge on any atom is 0.272 e. The molecule has 3 heteroatoms. The van der Waals surface area contributed by atoms with Gasteiger partial charge < -0.3 is 0 Å². The molecule has 3 nitrogen and oxygen atoms in total. The van der Waals surface area contributed by atoms with Gasteiger partial charge in [-0.3, -0.25) is 10.1 Å². The fraction of sp³-hybridized carbons (Fsp3) is 0.111. The second kappa shape index (κ2) is 3.17. The molecule has 0 heterocycles. The summed E-state index contributed by atoms with van der Waals surface area (Å²) >= 11 is 0. The largest absolute Gasteiger partial charge is 0.272 e. The molecule has 0 spiro atoms. The summed E-state index contributed by atoms with van der Waals surface area (Å²) in [5.74, 6) is 0. The maximum atomic E-state index is 10.4. The highest BCUT2D eigenvalue weighted by Gasteiger charge is 2.09. The molecule has 0 fully saturated rings. The van der Waals surface area contributed by atoms with Crippen LogP contribution in [0.2, 0.25) is 0 Å². The van der Waals surface area contributed by atoms with Crippen LogP contribution in [0, 0.1) is 23.1 Å². The number of rotatable bonds is 2. The monoisotopic (exact) mass is 162 g/mol. The van der Waals surface area contributed by atoms with Crippen LogP contribution in [0.5, 0.6) is 0 Å². The van der Waals surface area contributed by atoms with Crippen molar-refractivity contribution in [3.05, 3.63) is 52.1 Å². The molecule has 0 unspecified atom stereocenters. The molecule has 0 amide bonds. The lowest BCUT2D eigenvalue weighted by Crippen LogP contribution is -1.91. The van der Waals surface area contributed by atoms with Gasteiger partial charge in [0.15, 0.2) is 0 Å². The molecule has 0 aliphatic rings. The molecule has 0 atom stereocenters. The average molecular weight is 162 g/mol. The minimum absolute atomic E-state index is 0.114. The van der Waals surface area contributed by atoms with Gasteiger partial charge in [-0.05, 0) is 18.6 Å². The average Bonchev–Trinajstić information content (AvgIpc) is 2.05. The molecular formula is C9H8NO2. The highest BCUT2D eigenvalue weighted by atomic mass is 16.6. The van der Waals surface area contributed by atoms with E-state index in [1.165, 1.54) is 6.07 Å². The van der Waals surface area contributed by atoms with Crippen LogP contribution in [0.25, 0.3) is 0 Å². The van der Waals surface area contributed by atoms with Crippen molar-refractivity contribution in [2.45, 2.75) is 6.92 Å². The van der Waals surface area contributed by atoms with E-state index in [4.69, 9.17) is 0 Å². The van der Waals surface area contributed by atoms with Gasteiger partial charge in [-0.15, -0.1) is 0 Å². The SMILES string of the molecule is C=[C]c1ccc(C)c([N+](=O)[O-])c1.